The quantitative estimate of drug-likeness (QED) is 0.0675. The molecule has 4 aromatic heterocycles. The van der Waals surface area contributed by atoms with Crippen LogP contribution in [0.15, 0.2) is 67.3 Å². The van der Waals surface area contributed by atoms with Crippen LogP contribution in [0.5, 0.6) is 0 Å². The zero-order valence-electron chi connectivity index (χ0n) is 75.8. The molecule has 16 saturated carbocycles. The van der Waals surface area contributed by atoms with E-state index in [1.165, 1.54) is 202 Å². The fraction of sp³-hybridized carbons (Fsp3) is 0.869. The molecule has 4 heterocycles. The molecule has 4 N–H and O–H groups in total. The van der Waals surface area contributed by atoms with E-state index in [1.807, 2.05) is 34.1 Å². The summed E-state index contributed by atoms with van der Waals surface area (Å²) in [7, 11) is 3.43. The van der Waals surface area contributed by atoms with Crippen LogP contribution >= 0.6 is 0 Å². The van der Waals surface area contributed by atoms with Crippen LogP contribution in [-0.4, -0.2) is 146 Å². The zero-order valence-corrected chi connectivity index (χ0v) is 75.8. The molecule has 0 bridgehead atoms. The van der Waals surface area contributed by atoms with Gasteiger partial charge in [0.2, 0.25) is 0 Å². The van der Waals surface area contributed by atoms with Crippen molar-refractivity contribution in [2.45, 2.75) is 348 Å². The number of aryl methyl sites for hydroxylation is 2. The SMILES string of the molecule is C=C(Cn1ccnn1)[C@H]1CC[C@H]2[C@@H]3CC[C@H]4C[C@@](O)(COC)CC[C@@H]4[C@H]3CC[C@]12C.C=C(Cn1cnnn1)[C@H]1CC[C@H]2[C@@H]3CC[C@H]4C[C@@](O)(COC)CC[C@@H]4[C@H]3CC[C@]12C.C=C(Cn1nnc(C)n1)[C@H]1CC[C@H]2[C@@H]3CC[C@H]4C[C@@](O)(CC)CC[C@@H]4[C@H]3CC[C@]12C.C=C(Cn1nnnc1C)[C@H]1CC[C@H]2[C@@H]3CC[C@H]4C[C@@](O)(CC)CC[C@@H]4[C@H]3CC[C@]12C. The molecule has 664 valence electrons. The topological polar surface area (TPSA) is 261 Å². The Hall–Kier alpha value is -4.93. The van der Waals surface area contributed by atoms with Crippen molar-refractivity contribution in [3.63, 3.8) is 0 Å². The number of aromatic nitrogens is 15. The third kappa shape index (κ3) is 16.4. The van der Waals surface area contributed by atoms with Crippen LogP contribution in [-0.2, 0) is 35.7 Å². The molecule has 0 unspecified atom stereocenters. The normalized spacial score (nSPS) is 45.5. The number of rotatable bonds is 18. The smallest absolute Gasteiger partial charge is 0.171 e. The van der Waals surface area contributed by atoms with E-state index in [1.54, 1.807) is 31.5 Å². The van der Waals surface area contributed by atoms with E-state index >= 15 is 0 Å². The van der Waals surface area contributed by atoms with Crippen molar-refractivity contribution in [3.05, 3.63) is 79.0 Å². The molecular formula is C99H157N15O6. The molecule has 21 nitrogen and oxygen atoms in total. The second-order valence-electron chi connectivity index (χ2n) is 45.4. The lowest BCUT2D eigenvalue weighted by Gasteiger charge is -2.57. The van der Waals surface area contributed by atoms with Gasteiger partial charge in [-0.1, -0.05) is 95.4 Å². The van der Waals surface area contributed by atoms with Crippen LogP contribution in [0.4, 0.5) is 0 Å². The summed E-state index contributed by atoms with van der Waals surface area (Å²) in [6.45, 7) is 40.6. The van der Waals surface area contributed by atoms with Gasteiger partial charge in [-0.25, -0.2) is 14.0 Å². The predicted octanol–water partition coefficient (Wildman–Crippen LogP) is 18.3. The first-order chi connectivity index (χ1) is 57.5. The Kier molecular flexibility index (Phi) is 25.2. The lowest BCUT2D eigenvalue weighted by Crippen LogP contribution is -2.52. The van der Waals surface area contributed by atoms with E-state index in [4.69, 9.17) is 9.47 Å². The van der Waals surface area contributed by atoms with Gasteiger partial charge >= 0.3 is 0 Å². The monoisotopic (exact) mass is 1650 g/mol. The van der Waals surface area contributed by atoms with Gasteiger partial charge in [0.25, 0.3) is 0 Å². The minimum absolute atomic E-state index is 0.373. The summed E-state index contributed by atoms with van der Waals surface area (Å²) >= 11 is 0. The fourth-order valence-electron chi connectivity index (χ4n) is 34.6. The highest BCUT2D eigenvalue weighted by atomic mass is 16.5. The Bertz CT molecular complexity index is 4060. The summed E-state index contributed by atoms with van der Waals surface area (Å²) in [5.74, 6) is 20.7. The van der Waals surface area contributed by atoms with Gasteiger partial charge in [0, 0.05) is 20.4 Å². The number of methoxy groups -OCH3 is 2. The van der Waals surface area contributed by atoms with Crippen LogP contribution in [0.3, 0.4) is 0 Å². The molecule has 120 heavy (non-hydrogen) atoms. The molecule has 16 fully saturated rings. The van der Waals surface area contributed by atoms with Gasteiger partial charge in [0.05, 0.1) is 68.0 Å². The molecular weight excluding hydrogens is 1500 g/mol. The van der Waals surface area contributed by atoms with Crippen molar-refractivity contribution >= 4 is 0 Å². The van der Waals surface area contributed by atoms with Gasteiger partial charge in [0.1, 0.15) is 12.2 Å². The summed E-state index contributed by atoms with van der Waals surface area (Å²) in [5, 5.41) is 88.1. The van der Waals surface area contributed by atoms with E-state index in [0.29, 0.717) is 76.9 Å². The van der Waals surface area contributed by atoms with Crippen LogP contribution < -0.4 is 0 Å². The molecule has 4 aromatic rings. The van der Waals surface area contributed by atoms with E-state index in [9.17, 15) is 20.4 Å². The van der Waals surface area contributed by atoms with Crippen molar-refractivity contribution in [2.24, 2.45) is 164 Å². The van der Waals surface area contributed by atoms with Crippen molar-refractivity contribution in [1.82, 2.24) is 75.6 Å². The van der Waals surface area contributed by atoms with Crippen molar-refractivity contribution < 1.29 is 29.9 Å². The maximum atomic E-state index is 11.0. The number of fused-ring (bicyclic) bond motifs is 20. The van der Waals surface area contributed by atoms with E-state index < -0.39 is 11.2 Å². The summed E-state index contributed by atoms with van der Waals surface area (Å²) in [6.07, 6.45) is 52.2. The first-order valence-corrected chi connectivity index (χ1v) is 49.1. The maximum Gasteiger partial charge on any atom is 0.171 e. The molecule has 0 aromatic carbocycles. The van der Waals surface area contributed by atoms with Gasteiger partial charge in [-0.15, -0.1) is 25.5 Å². The van der Waals surface area contributed by atoms with E-state index in [2.05, 4.69) is 125 Å². The maximum absolute atomic E-state index is 11.0. The first kappa shape index (κ1) is 87.2. The second kappa shape index (κ2) is 34.7. The molecule has 32 atom stereocenters. The Balaban J connectivity index is 0.000000114. The fourth-order valence-corrected chi connectivity index (χ4v) is 34.6. The highest BCUT2D eigenvalue weighted by Gasteiger charge is 2.64. The summed E-state index contributed by atoms with van der Waals surface area (Å²) < 4.78 is 16.3. The van der Waals surface area contributed by atoms with Gasteiger partial charge in [-0.3, -0.25) is 0 Å². The number of hydrogen-bond donors (Lipinski definition) is 4. The lowest BCUT2D eigenvalue weighted by molar-refractivity contribution is -0.123. The Labute approximate surface area is 719 Å². The number of ether oxygens (including phenoxy) is 2. The number of hydrogen-bond acceptors (Lipinski definition) is 17. The molecule has 21 heteroatoms. The number of nitrogens with zero attached hydrogens (tertiary/aromatic N) is 15. The van der Waals surface area contributed by atoms with Crippen LogP contribution in [0.1, 0.15) is 297 Å². The molecule has 0 amide bonds. The van der Waals surface area contributed by atoms with Crippen LogP contribution in [0.25, 0.3) is 0 Å². The molecule has 0 spiro atoms. The second-order valence-corrected chi connectivity index (χ2v) is 45.4. The van der Waals surface area contributed by atoms with Gasteiger partial charge < -0.3 is 29.9 Å². The molecule has 16 aliphatic carbocycles. The minimum atomic E-state index is -0.585. The number of aliphatic hydroxyl groups is 4. The average Bonchev–Trinajstić information content (AvgIpc) is 1.56. The Morgan fingerprint density at radius 2 is 0.750 bits per heavy atom. The first-order valence-electron chi connectivity index (χ1n) is 49.1. The minimum Gasteiger partial charge on any atom is -0.390 e. The Morgan fingerprint density at radius 3 is 1.08 bits per heavy atom. The summed E-state index contributed by atoms with van der Waals surface area (Å²) in [6, 6.07) is 0. The number of tetrazole rings is 3. The highest BCUT2D eigenvalue weighted by Crippen LogP contribution is 2.71. The largest absolute Gasteiger partial charge is 0.390 e. The molecule has 0 saturated heterocycles. The highest BCUT2D eigenvalue weighted by molar-refractivity contribution is 5.21. The van der Waals surface area contributed by atoms with Gasteiger partial charge in [-0.2, -0.15) is 4.80 Å². The average molecular weight is 1650 g/mol. The molecule has 0 aliphatic heterocycles. The lowest BCUT2D eigenvalue weighted by atomic mass is 9.48. The van der Waals surface area contributed by atoms with E-state index in [0.717, 1.165) is 202 Å². The Morgan fingerprint density at radius 1 is 0.383 bits per heavy atom. The van der Waals surface area contributed by atoms with Gasteiger partial charge in [0.15, 0.2) is 5.82 Å². The molecule has 20 rings (SSSR count). The third-order valence-electron chi connectivity index (χ3n) is 40.1. The van der Waals surface area contributed by atoms with Crippen LogP contribution in [0.2, 0.25) is 0 Å². The summed E-state index contributed by atoms with van der Waals surface area (Å²) in [5.41, 5.74) is 4.93. The van der Waals surface area contributed by atoms with Crippen molar-refractivity contribution in [3.8, 4) is 0 Å². The van der Waals surface area contributed by atoms with Crippen molar-refractivity contribution in [2.75, 3.05) is 27.4 Å². The molecule has 0 radical (unpaired) electrons. The molecule has 16 aliphatic rings. The van der Waals surface area contributed by atoms with Crippen molar-refractivity contribution in [1.29, 1.82) is 0 Å². The standard InChI is InChI=1S/2C25H40N4O.C25H39N3O2.C24H38N4O2/c1-5-25(30)13-11-19-18(14-25)6-7-21-20(19)10-12-24(4)22(8-9-23(21)24)16(2)15-29-17(3)26-27-28-29;1-5-25(30)13-11-19-18(14-25)6-7-21-20(19)10-12-24(4)22(8-9-23(21)24)16(2)15-29-27-17(3)26-28-29;1-17(15-28-13-12-26-27-28)22-6-7-23-21-5-4-18-14-25(29,16-30-3)11-9-19(18)20(21)8-10-24(22,23)2;1-16(13-28-15-25-26-27-28)21-6-7-22-20-5-4-17-12-24(29,14-30-3)11-9-18(17)19(20)8-10-23(21,22)2/h2*18-23,30H,2,5-15H2,1,3-4H3;12-13,18-23,29H,1,4-11,14-16H2,2-3H3;15,17-22,29H,1,4-14H2,2-3H3/t3*18-,19-,20+,21+,22+,23-,24+,25+;17-,18-,19+,20+,21+,22-,23+,24+/m0000/s1. The van der Waals surface area contributed by atoms with E-state index in [-0.39, 0.29) is 11.2 Å². The summed E-state index contributed by atoms with van der Waals surface area (Å²) in [4.78, 5) is 1.72. The third-order valence-corrected chi connectivity index (χ3v) is 40.1. The van der Waals surface area contributed by atoms with Crippen LogP contribution in [0, 0.1) is 178 Å². The van der Waals surface area contributed by atoms with Gasteiger partial charge in [-0.05, 0) is 448 Å². The zero-order chi connectivity index (χ0) is 84.1. The number of allylic oxidation sites excluding steroid dienone is 4. The predicted molar refractivity (Wildman–Crippen MR) is 466 cm³/mol.